The van der Waals surface area contributed by atoms with Gasteiger partial charge in [0, 0.05) is 19.8 Å². The standard InChI is InChI=1S/C10H11ClF3N/c1-6-4-7(10(12,13)14)8(11)5-9(6)15(2)3/h4-5H,1-3H3. The summed E-state index contributed by atoms with van der Waals surface area (Å²) in [7, 11) is 3.51. The lowest BCUT2D eigenvalue weighted by Gasteiger charge is -2.18. The molecule has 0 aromatic heterocycles. The van der Waals surface area contributed by atoms with Crippen molar-refractivity contribution in [3.05, 3.63) is 28.3 Å². The third-order valence-electron chi connectivity index (χ3n) is 2.07. The Kier molecular flexibility index (Phi) is 3.19. The number of rotatable bonds is 1. The summed E-state index contributed by atoms with van der Waals surface area (Å²) in [5, 5.41) is -0.267. The third-order valence-corrected chi connectivity index (χ3v) is 2.39. The molecule has 84 valence electrons. The largest absolute Gasteiger partial charge is 0.417 e. The molecular weight excluding hydrogens is 227 g/mol. The van der Waals surface area contributed by atoms with Gasteiger partial charge in [0.05, 0.1) is 10.6 Å². The molecule has 5 heteroatoms. The zero-order chi connectivity index (χ0) is 11.8. The maximum Gasteiger partial charge on any atom is 0.417 e. The first-order valence-corrected chi connectivity index (χ1v) is 4.66. The van der Waals surface area contributed by atoms with Gasteiger partial charge in [0.2, 0.25) is 0 Å². The lowest BCUT2D eigenvalue weighted by molar-refractivity contribution is -0.137. The summed E-state index contributed by atoms with van der Waals surface area (Å²) >= 11 is 5.58. The van der Waals surface area contributed by atoms with Crippen molar-refractivity contribution in [2.45, 2.75) is 13.1 Å². The van der Waals surface area contributed by atoms with Gasteiger partial charge in [0.15, 0.2) is 0 Å². The maximum atomic E-state index is 12.5. The molecule has 0 unspecified atom stereocenters. The molecule has 0 saturated heterocycles. The van der Waals surface area contributed by atoms with Gasteiger partial charge in [0.1, 0.15) is 0 Å². The van der Waals surface area contributed by atoms with Crippen LogP contribution < -0.4 is 4.90 Å². The van der Waals surface area contributed by atoms with E-state index in [9.17, 15) is 13.2 Å². The van der Waals surface area contributed by atoms with Gasteiger partial charge in [-0.2, -0.15) is 13.2 Å². The fraction of sp³-hybridized carbons (Fsp3) is 0.400. The average Bonchev–Trinajstić information content (AvgIpc) is 2.06. The van der Waals surface area contributed by atoms with Crippen LogP contribution in [0, 0.1) is 6.92 Å². The predicted octanol–water partition coefficient (Wildman–Crippen LogP) is 3.73. The minimum Gasteiger partial charge on any atom is -0.377 e. The highest BCUT2D eigenvalue weighted by Gasteiger charge is 2.33. The smallest absolute Gasteiger partial charge is 0.377 e. The number of halogens is 4. The van der Waals surface area contributed by atoms with Gasteiger partial charge in [-0.3, -0.25) is 0 Å². The number of benzene rings is 1. The van der Waals surface area contributed by atoms with Gasteiger partial charge in [-0.05, 0) is 24.6 Å². The fourth-order valence-electron chi connectivity index (χ4n) is 1.37. The molecule has 15 heavy (non-hydrogen) atoms. The second-order valence-electron chi connectivity index (χ2n) is 3.51. The van der Waals surface area contributed by atoms with Crippen molar-refractivity contribution in [1.82, 2.24) is 0 Å². The normalized spacial score (nSPS) is 11.7. The maximum absolute atomic E-state index is 12.5. The Morgan fingerprint density at radius 1 is 1.20 bits per heavy atom. The van der Waals surface area contributed by atoms with E-state index in [-0.39, 0.29) is 5.02 Å². The van der Waals surface area contributed by atoms with Crippen LogP contribution in [-0.4, -0.2) is 14.1 Å². The molecule has 0 heterocycles. The zero-order valence-corrected chi connectivity index (χ0v) is 9.37. The summed E-state index contributed by atoms with van der Waals surface area (Å²) in [6, 6.07) is 2.40. The van der Waals surface area contributed by atoms with E-state index >= 15 is 0 Å². The van der Waals surface area contributed by atoms with E-state index in [4.69, 9.17) is 11.6 Å². The second-order valence-corrected chi connectivity index (χ2v) is 3.92. The summed E-state index contributed by atoms with van der Waals surface area (Å²) in [6.07, 6.45) is -4.40. The van der Waals surface area contributed by atoms with E-state index in [2.05, 4.69) is 0 Å². The minimum absolute atomic E-state index is 0.267. The first-order valence-electron chi connectivity index (χ1n) is 4.28. The van der Waals surface area contributed by atoms with Crippen molar-refractivity contribution >= 4 is 17.3 Å². The topological polar surface area (TPSA) is 3.24 Å². The van der Waals surface area contributed by atoms with E-state index in [1.807, 2.05) is 0 Å². The first kappa shape index (κ1) is 12.2. The highest BCUT2D eigenvalue weighted by Crippen LogP contribution is 2.37. The first-order chi connectivity index (χ1) is 6.73. The lowest BCUT2D eigenvalue weighted by Crippen LogP contribution is -2.13. The molecule has 1 aromatic carbocycles. The number of anilines is 1. The van der Waals surface area contributed by atoms with Crippen LogP contribution in [0.3, 0.4) is 0 Å². The molecule has 1 nitrogen and oxygen atoms in total. The molecule has 0 N–H and O–H groups in total. The van der Waals surface area contributed by atoms with Gasteiger partial charge in [-0.25, -0.2) is 0 Å². The Morgan fingerprint density at radius 2 is 1.73 bits per heavy atom. The Bertz CT molecular complexity index is 372. The molecule has 0 atom stereocenters. The molecule has 0 bridgehead atoms. The molecule has 1 rings (SSSR count). The number of nitrogens with zero attached hydrogens (tertiary/aromatic N) is 1. The van der Waals surface area contributed by atoms with E-state index in [1.165, 1.54) is 6.07 Å². The molecule has 1 aromatic rings. The van der Waals surface area contributed by atoms with Crippen molar-refractivity contribution in [2.24, 2.45) is 0 Å². The van der Waals surface area contributed by atoms with Crippen LogP contribution in [0.2, 0.25) is 5.02 Å². The summed E-state index contributed by atoms with van der Waals surface area (Å²) < 4.78 is 37.4. The summed E-state index contributed by atoms with van der Waals surface area (Å²) in [5.41, 5.74) is 0.456. The summed E-state index contributed by atoms with van der Waals surface area (Å²) in [5.74, 6) is 0. The van der Waals surface area contributed by atoms with Crippen LogP contribution in [0.25, 0.3) is 0 Å². The SMILES string of the molecule is Cc1cc(C(F)(F)F)c(Cl)cc1N(C)C. The van der Waals surface area contributed by atoms with Crippen molar-refractivity contribution in [3.8, 4) is 0 Å². The predicted molar refractivity (Wildman–Crippen MR) is 55.5 cm³/mol. The number of hydrogen-bond donors (Lipinski definition) is 0. The molecule has 0 fully saturated rings. The van der Waals surface area contributed by atoms with Crippen molar-refractivity contribution < 1.29 is 13.2 Å². The highest BCUT2D eigenvalue weighted by atomic mass is 35.5. The Hall–Kier alpha value is -0.900. The van der Waals surface area contributed by atoms with Crippen LogP contribution in [0.5, 0.6) is 0 Å². The minimum atomic E-state index is -4.40. The van der Waals surface area contributed by atoms with Gasteiger partial charge < -0.3 is 4.90 Å². The molecular formula is C10H11ClF3N. The average molecular weight is 238 g/mol. The third kappa shape index (κ3) is 2.56. The lowest BCUT2D eigenvalue weighted by atomic mass is 10.1. The van der Waals surface area contributed by atoms with Crippen LogP contribution in [-0.2, 0) is 6.18 Å². The number of aryl methyl sites for hydroxylation is 1. The van der Waals surface area contributed by atoms with Crippen LogP contribution in [0.4, 0.5) is 18.9 Å². The van der Waals surface area contributed by atoms with Gasteiger partial charge in [-0.1, -0.05) is 11.6 Å². The van der Waals surface area contributed by atoms with Crippen molar-refractivity contribution in [3.63, 3.8) is 0 Å². The molecule has 0 aliphatic heterocycles. The van der Waals surface area contributed by atoms with Crippen molar-refractivity contribution in [1.29, 1.82) is 0 Å². The molecule has 0 amide bonds. The van der Waals surface area contributed by atoms with E-state index in [0.717, 1.165) is 6.07 Å². The molecule has 0 spiro atoms. The molecule has 0 aliphatic carbocycles. The molecule has 0 aliphatic rings. The van der Waals surface area contributed by atoms with Gasteiger partial charge >= 0.3 is 6.18 Å². The Labute approximate surface area is 91.5 Å². The van der Waals surface area contributed by atoms with E-state index < -0.39 is 11.7 Å². The summed E-state index contributed by atoms with van der Waals surface area (Å²) in [4.78, 5) is 1.72. The summed E-state index contributed by atoms with van der Waals surface area (Å²) in [6.45, 7) is 1.63. The number of hydrogen-bond acceptors (Lipinski definition) is 1. The monoisotopic (exact) mass is 237 g/mol. The number of alkyl halides is 3. The second kappa shape index (κ2) is 3.93. The Morgan fingerprint density at radius 3 is 2.13 bits per heavy atom. The van der Waals surface area contributed by atoms with Crippen LogP contribution >= 0.6 is 11.6 Å². The van der Waals surface area contributed by atoms with Gasteiger partial charge in [-0.15, -0.1) is 0 Å². The fourth-order valence-corrected chi connectivity index (χ4v) is 1.64. The van der Waals surface area contributed by atoms with Gasteiger partial charge in [0.25, 0.3) is 0 Å². The zero-order valence-electron chi connectivity index (χ0n) is 8.61. The van der Waals surface area contributed by atoms with Crippen LogP contribution in [0.15, 0.2) is 12.1 Å². The van der Waals surface area contributed by atoms with E-state index in [1.54, 1.807) is 25.9 Å². The van der Waals surface area contributed by atoms with Crippen LogP contribution in [0.1, 0.15) is 11.1 Å². The molecule has 0 saturated carbocycles. The molecule has 0 radical (unpaired) electrons. The van der Waals surface area contributed by atoms with E-state index in [0.29, 0.717) is 11.3 Å². The highest BCUT2D eigenvalue weighted by molar-refractivity contribution is 6.31. The quantitative estimate of drug-likeness (QED) is 0.719. The Balaban J connectivity index is 3.32. The van der Waals surface area contributed by atoms with Crippen molar-refractivity contribution in [2.75, 3.05) is 19.0 Å².